The van der Waals surface area contributed by atoms with Crippen LogP contribution in [0.3, 0.4) is 0 Å². The van der Waals surface area contributed by atoms with E-state index in [0.717, 1.165) is 5.57 Å². The molecule has 8 fully saturated rings. The molecule has 25 heteroatoms. The van der Waals surface area contributed by atoms with E-state index in [4.69, 9.17) is 37.9 Å². The van der Waals surface area contributed by atoms with Gasteiger partial charge in [-0.3, -0.25) is 9.59 Å². The van der Waals surface area contributed by atoms with Gasteiger partial charge in [-0.1, -0.05) is 46.3 Å². The normalized spacial score (nSPS) is 54.1. The van der Waals surface area contributed by atoms with Gasteiger partial charge in [-0.2, -0.15) is 0 Å². The zero-order valence-electron chi connectivity index (χ0n) is 44.9. The summed E-state index contributed by atoms with van der Waals surface area (Å²) in [7, 11) is 0. The molecule has 29 atom stereocenters. The number of carboxylic acid groups (broad SMARTS) is 1. The number of carbonyl (C=O) groups is 2. The van der Waals surface area contributed by atoms with Crippen LogP contribution >= 0.6 is 0 Å². The molecule has 29 unspecified atom stereocenters. The first-order valence-corrected chi connectivity index (χ1v) is 27.5. The molecule has 4 saturated carbocycles. The Morgan fingerprint density at radius 3 is 1.85 bits per heavy atom. The molecule has 4 saturated heterocycles. The van der Waals surface area contributed by atoms with Gasteiger partial charge in [0.2, 0.25) is 6.29 Å². The summed E-state index contributed by atoms with van der Waals surface area (Å²) in [6, 6.07) is 0. The highest BCUT2D eigenvalue weighted by molar-refractivity contribution is 5.80. The van der Waals surface area contributed by atoms with Gasteiger partial charge in [0.15, 0.2) is 18.9 Å². The minimum absolute atomic E-state index is 0.0802. The number of esters is 1. The largest absolute Gasteiger partial charge is 0.481 e. The summed E-state index contributed by atoms with van der Waals surface area (Å²) >= 11 is 0. The van der Waals surface area contributed by atoms with Gasteiger partial charge < -0.3 is 114 Å². The van der Waals surface area contributed by atoms with Gasteiger partial charge in [-0.25, -0.2) is 0 Å². The lowest BCUT2D eigenvalue weighted by molar-refractivity contribution is -0.363. The topological polar surface area (TPSA) is 411 Å². The van der Waals surface area contributed by atoms with Crippen LogP contribution in [0.25, 0.3) is 0 Å². The first-order chi connectivity index (χ1) is 36.5. The summed E-state index contributed by atoms with van der Waals surface area (Å²) < 4.78 is 46.8. The second kappa shape index (κ2) is 21.8. The zero-order chi connectivity index (χ0) is 57.1. The maximum atomic E-state index is 15.5. The van der Waals surface area contributed by atoms with Crippen molar-refractivity contribution in [2.75, 3.05) is 26.4 Å². The molecule has 0 amide bonds. The molecule has 0 aromatic rings. The van der Waals surface area contributed by atoms with E-state index in [1.54, 1.807) is 6.92 Å². The Labute approximate surface area is 451 Å². The average molecular weight is 1120 g/mol. The van der Waals surface area contributed by atoms with Gasteiger partial charge in [0.25, 0.3) is 0 Å². The monoisotopic (exact) mass is 1120 g/mol. The number of aliphatic carboxylic acids is 1. The second-order valence-corrected chi connectivity index (χ2v) is 25.7. The van der Waals surface area contributed by atoms with E-state index >= 15 is 4.79 Å². The van der Waals surface area contributed by atoms with Crippen molar-refractivity contribution in [1.29, 1.82) is 0 Å². The first kappa shape index (κ1) is 60.4. The Morgan fingerprint density at radius 1 is 0.615 bits per heavy atom. The molecular formula is C53H84O25. The second-order valence-electron chi connectivity index (χ2n) is 25.7. The van der Waals surface area contributed by atoms with Crippen molar-refractivity contribution < 1.29 is 124 Å². The quantitative estimate of drug-likeness (QED) is 0.0515. The van der Waals surface area contributed by atoms with E-state index in [2.05, 4.69) is 40.7 Å². The van der Waals surface area contributed by atoms with Crippen molar-refractivity contribution in [3.63, 3.8) is 0 Å². The van der Waals surface area contributed by atoms with Crippen LogP contribution in [0.5, 0.6) is 0 Å². The molecule has 78 heavy (non-hydrogen) atoms. The predicted octanol–water partition coefficient (Wildman–Crippen LogP) is -3.36. The minimum Gasteiger partial charge on any atom is -0.481 e. The average Bonchev–Trinajstić information content (AvgIpc) is 2.95. The van der Waals surface area contributed by atoms with Gasteiger partial charge in [0.1, 0.15) is 97.0 Å². The van der Waals surface area contributed by atoms with Crippen LogP contribution in [0.1, 0.15) is 99.3 Å². The lowest BCUT2D eigenvalue weighted by atomic mass is 9.33. The first-order valence-electron chi connectivity index (χ1n) is 27.5. The molecule has 9 rings (SSSR count). The fourth-order valence-electron chi connectivity index (χ4n) is 16.2. The van der Waals surface area contributed by atoms with Crippen molar-refractivity contribution in [3.05, 3.63) is 11.6 Å². The van der Waals surface area contributed by atoms with Crippen LogP contribution in [0.2, 0.25) is 0 Å². The van der Waals surface area contributed by atoms with Crippen LogP contribution in [-0.2, 0) is 47.5 Å². The fraction of sp³-hybridized carbons (Fsp3) is 0.925. The summed E-state index contributed by atoms with van der Waals surface area (Å²) in [6.07, 6.45) is -30.1. The standard InChI is InChI=1S/C53H84O25/c1-48(2)13-14-53(47(70)78-45-40(67)41(77-44-39(66)36(63)33(60)25(18-55)74-44)34(61)26(75-45)20-72-42-38(65)35(62)32(59)24(17-54)73-42)22(15-48)21-7-8-27-49(3)11-10-30(76-43-37(64)31(58)23(56)19-71-43)52(6,46(68)69)28(49)9-12-50(27,4)51(21,5)16-29(53)57/h7,22-45,54-67H,8-20H2,1-6H3,(H,68,69). The van der Waals surface area contributed by atoms with Crippen molar-refractivity contribution in [3.8, 4) is 0 Å². The molecule has 0 spiro atoms. The van der Waals surface area contributed by atoms with Crippen LogP contribution < -0.4 is 0 Å². The summed E-state index contributed by atoms with van der Waals surface area (Å²) in [5.74, 6) is -3.25. The summed E-state index contributed by atoms with van der Waals surface area (Å²) in [5.41, 5.74) is -4.48. The summed E-state index contributed by atoms with van der Waals surface area (Å²) in [5, 5.41) is 162. The number of fused-ring (bicyclic) bond motifs is 7. The number of rotatable bonds is 12. The van der Waals surface area contributed by atoms with Gasteiger partial charge in [-0.15, -0.1) is 0 Å². The maximum Gasteiger partial charge on any atom is 0.317 e. The molecular weight excluding hydrogens is 1040 g/mol. The van der Waals surface area contributed by atoms with Crippen molar-refractivity contribution in [2.24, 2.45) is 50.2 Å². The van der Waals surface area contributed by atoms with Gasteiger partial charge in [-0.05, 0) is 104 Å². The van der Waals surface area contributed by atoms with E-state index in [9.17, 15) is 81.4 Å². The van der Waals surface area contributed by atoms with E-state index < -0.39 is 200 Å². The van der Waals surface area contributed by atoms with Crippen LogP contribution in [0.15, 0.2) is 11.6 Å². The Kier molecular flexibility index (Phi) is 16.9. The molecule has 25 nitrogen and oxygen atoms in total. The molecule has 0 radical (unpaired) electrons. The lowest BCUT2D eigenvalue weighted by Gasteiger charge is -2.71. The third-order valence-electron chi connectivity index (χ3n) is 21.2. The Hall–Kier alpha value is -2.16. The number of hydrogen-bond acceptors (Lipinski definition) is 24. The van der Waals surface area contributed by atoms with Crippen LogP contribution in [0, 0.1) is 50.2 Å². The number of aliphatic hydroxyl groups excluding tert-OH is 14. The molecule has 446 valence electrons. The van der Waals surface area contributed by atoms with Gasteiger partial charge in [0, 0.05) is 0 Å². The Morgan fingerprint density at radius 2 is 1.22 bits per heavy atom. The number of carboxylic acids is 1. The molecule has 5 aliphatic carbocycles. The zero-order valence-corrected chi connectivity index (χ0v) is 44.9. The molecule has 4 heterocycles. The fourth-order valence-corrected chi connectivity index (χ4v) is 16.2. The maximum absolute atomic E-state index is 15.5. The number of allylic oxidation sites excluding steroid dienone is 2. The van der Waals surface area contributed by atoms with Crippen LogP contribution in [-0.4, -0.2) is 244 Å². The number of ether oxygens (including phenoxy) is 8. The third kappa shape index (κ3) is 9.52. The Balaban J connectivity index is 1.01. The molecule has 0 aromatic heterocycles. The highest BCUT2D eigenvalue weighted by atomic mass is 16.8. The predicted molar refractivity (Wildman–Crippen MR) is 260 cm³/mol. The van der Waals surface area contributed by atoms with E-state index in [0.29, 0.717) is 38.5 Å². The van der Waals surface area contributed by atoms with E-state index in [1.165, 1.54) is 0 Å². The van der Waals surface area contributed by atoms with Crippen LogP contribution in [0.4, 0.5) is 0 Å². The number of hydrogen-bond donors (Lipinski definition) is 15. The smallest absolute Gasteiger partial charge is 0.317 e. The molecule has 0 bridgehead atoms. The summed E-state index contributed by atoms with van der Waals surface area (Å²) in [4.78, 5) is 29.1. The molecule has 4 aliphatic heterocycles. The van der Waals surface area contributed by atoms with E-state index in [1.807, 2.05) is 0 Å². The van der Waals surface area contributed by atoms with Crippen molar-refractivity contribution in [1.82, 2.24) is 0 Å². The molecule has 15 N–H and O–H groups in total. The highest BCUT2D eigenvalue weighted by Crippen LogP contribution is 2.76. The Bertz CT molecular complexity index is 2200. The number of carbonyl (C=O) groups excluding carboxylic acids is 1. The van der Waals surface area contributed by atoms with Gasteiger partial charge in [0.05, 0.1) is 44.1 Å². The lowest BCUT2D eigenvalue weighted by Crippen LogP contribution is -2.69. The van der Waals surface area contributed by atoms with Gasteiger partial charge >= 0.3 is 11.9 Å². The highest BCUT2D eigenvalue weighted by Gasteiger charge is 2.73. The third-order valence-corrected chi connectivity index (χ3v) is 21.2. The molecule has 0 aromatic carbocycles. The van der Waals surface area contributed by atoms with E-state index in [-0.39, 0.29) is 37.2 Å². The summed E-state index contributed by atoms with van der Waals surface area (Å²) in [6.45, 7) is 9.53. The van der Waals surface area contributed by atoms with Crippen molar-refractivity contribution in [2.45, 2.75) is 228 Å². The number of aliphatic hydroxyl groups is 14. The SMILES string of the molecule is CC1(C)CCC2(C(=O)OC3OC(COC4OC(CO)C(O)C(O)C4O)C(O)C(OC4OC(CO)C(O)C(O)C4O)C3O)C(O)CC3(C)C(=CCC4C5(C)CCC(OC6OCC(O)C(O)C6O)C(C)(C(=O)O)C5CCC43C)C2C1. The molecule has 9 aliphatic rings. The van der Waals surface area contributed by atoms with Crippen molar-refractivity contribution >= 4 is 11.9 Å². The minimum atomic E-state index is -2.11.